The Hall–Kier alpha value is -3.13. The molecule has 9 heteroatoms. The van der Waals surface area contributed by atoms with Gasteiger partial charge in [-0.1, -0.05) is 53.5 Å². The maximum Gasteiger partial charge on any atom is 0.265 e. The van der Waals surface area contributed by atoms with Gasteiger partial charge in [-0.05, 0) is 56.1 Å². The largest absolute Gasteiger partial charge is 0.482 e. The van der Waals surface area contributed by atoms with E-state index in [-0.39, 0.29) is 31.0 Å². The number of pyridine rings is 1. The number of fused-ring (bicyclic) bond motifs is 1. The molecule has 1 fully saturated rings. The van der Waals surface area contributed by atoms with Gasteiger partial charge in [-0.3, -0.25) is 19.5 Å². The number of hydrogen-bond donors (Lipinski definition) is 0. The molecule has 7 nitrogen and oxygen atoms in total. The van der Waals surface area contributed by atoms with E-state index in [1.165, 1.54) is 4.90 Å². The predicted octanol–water partition coefficient (Wildman–Crippen LogP) is 5.38. The number of likely N-dealkylation sites (N-methyl/N-ethyl adjacent to an activating group) is 1. The zero-order valence-corrected chi connectivity index (χ0v) is 23.0. The van der Waals surface area contributed by atoms with Crippen LogP contribution in [0.15, 0.2) is 54.7 Å². The molecule has 5 rings (SSSR count). The molecule has 0 saturated carbocycles. The third kappa shape index (κ3) is 5.65. The summed E-state index contributed by atoms with van der Waals surface area (Å²) in [7, 11) is 1.81. The fraction of sp³-hybridized carbons (Fsp3) is 0.345. The van der Waals surface area contributed by atoms with Crippen LogP contribution in [0.2, 0.25) is 10.0 Å². The molecule has 2 aliphatic heterocycles. The van der Waals surface area contributed by atoms with Crippen molar-refractivity contribution < 1.29 is 14.3 Å². The Balaban J connectivity index is 1.39. The summed E-state index contributed by atoms with van der Waals surface area (Å²) in [4.78, 5) is 36.4. The molecule has 0 N–H and O–H groups in total. The van der Waals surface area contributed by atoms with Gasteiger partial charge < -0.3 is 14.5 Å². The number of amides is 2. The molecule has 2 aromatic carbocycles. The third-order valence-electron chi connectivity index (χ3n) is 7.27. The van der Waals surface area contributed by atoms with Gasteiger partial charge >= 0.3 is 0 Å². The second-order valence-electron chi connectivity index (χ2n) is 9.84. The Kier molecular flexibility index (Phi) is 7.88. The Morgan fingerprint density at radius 3 is 2.42 bits per heavy atom. The van der Waals surface area contributed by atoms with Crippen LogP contribution in [0.5, 0.6) is 5.75 Å². The summed E-state index contributed by atoms with van der Waals surface area (Å²) in [6, 6.07) is 15.3. The highest BCUT2D eigenvalue weighted by molar-refractivity contribution is 6.42. The minimum absolute atomic E-state index is 0.118. The van der Waals surface area contributed by atoms with Gasteiger partial charge in [-0.15, -0.1) is 0 Å². The molecular weight excluding hydrogens is 523 g/mol. The van der Waals surface area contributed by atoms with E-state index >= 15 is 0 Å². The van der Waals surface area contributed by atoms with Crippen LogP contribution in [-0.2, 0) is 9.59 Å². The van der Waals surface area contributed by atoms with Crippen LogP contribution in [0.3, 0.4) is 0 Å². The summed E-state index contributed by atoms with van der Waals surface area (Å²) < 4.78 is 5.53. The van der Waals surface area contributed by atoms with E-state index < -0.39 is 0 Å². The molecule has 0 bridgehead atoms. The first-order valence-electron chi connectivity index (χ1n) is 12.7. The molecule has 0 radical (unpaired) electrons. The Morgan fingerprint density at radius 1 is 1.05 bits per heavy atom. The first-order chi connectivity index (χ1) is 18.3. The van der Waals surface area contributed by atoms with Gasteiger partial charge in [0.2, 0.25) is 5.91 Å². The number of nitrogens with zero attached hydrogens (tertiary/aromatic N) is 4. The molecule has 1 atom stereocenters. The fourth-order valence-electron chi connectivity index (χ4n) is 4.99. The number of ether oxygens (including phenoxy) is 1. The van der Waals surface area contributed by atoms with Crippen LogP contribution < -0.4 is 9.64 Å². The summed E-state index contributed by atoms with van der Waals surface area (Å²) in [5.41, 5.74) is 4.58. The van der Waals surface area contributed by atoms with Gasteiger partial charge in [0.15, 0.2) is 6.61 Å². The minimum atomic E-state index is -0.301. The molecule has 2 aliphatic rings. The van der Waals surface area contributed by atoms with Crippen LogP contribution in [-0.4, -0.2) is 66.4 Å². The van der Waals surface area contributed by atoms with E-state index in [2.05, 4.69) is 40.2 Å². The minimum Gasteiger partial charge on any atom is -0.482 e. The van der Waals surface area contributed by atoms with Crippen LogP contribution in [0.4, 0.5) is 5.69 Å². The van der Waals surface area contributed by atoms with Crippen LogP contribution in [0.1, 0.15) is 30.1 Å². The van der Waals surface area contributed by atoms with E-state index in [9.17, 15) is 9.59 Å². The van der Waals surface area contributed by atoms with Crippen LogP contribution in [0.25, 0.3) is 11.1 Å². The monoisotopic (exact) mass is 552 g/mol. The molecule has 198 valence electrons. The van der Waals surface area contributed by atoms with E-state index in [0.717, 1.165) is 54.9 Å². The normalized spacial score (nSPS) is 16.2. The van der Waals surface area contributed by atoms with Crippen molar-refractivity contribution in [2.24, 2.45) is 0 Å². The number of aromatic nitrogens is 1. The summed E-state index contributed by atoms with van der Waals surface area (Å²) in [6.07, 6.45) is 4.19. The highest BCUT2D eigenvalue weighted by Gasteiger charge is 2.32. The highest BCUT2D eigenvalue weighted by atomic mass is 35.5. The van der Waals surface area contributed by atoms with Crippen molar-refractivity contribution in [1.82, 2.24) is 14.8 Å². The molecule has 38 heavy (non-hydrogen) atoms. The Bertz CT molecular complexity index is 1320. The molecule has 1 saturated heterocycles. The zero-order valence-electron chi connectivity index (χ0n) is 21.5. The molecule has 3 aromatic rings. The molecule has 0 aliphatic carbocycles. The highest BCUT2D eigenvalue weighted by Crippen LogP contribution is 2.39. The number of rotatable bonds is 7. The smallest absolute Gasteiger partial charge is 0.265 e. The van der Waals surface area contributed by atoms with E-state index in [0.29, 0.717) is 21.5 Å². The molecule has 1 unspecified atom stereocenters. The summed E-state index contributed by atoms with van der Waals surface area (Å²) in [5, 5.41) is 0.629. The zero-order chi connectivity index (χ0) is 26.8. The summed E-state index contributed by atoms with van der Waals surface area (Å²) in [6.45, 7) is 4.44. The molecule has 2 amide bonds. The fourth-order valence-corrected chi connectivity index (χ4v) is 5.30. The van der Waals surface area contributed by atoms with Gasteiger partial charge in [0.1, 0.15) is 12.3 Å². The average Bonchev–Trinajstić information content (AvgIpc) is 3.44. The van der Waals surface area contributed by atoms with Crippen LogP contribution >= 0.6 is 23.2 Å². The standard InChI is InChI=1S/C29H30Cl2N4O3/c1-19-5-6-22(15-32-19)20-7-9-21(10-8-20)26(16-34-11-3-4-12-34)33(2)28(36)17-35-25-13-23(30)24(31)14-27(25)38-18-29(35)37/h5-10,13-15,26H,3-4,11-12,16-18H2,1-2H3. The maximum absolute atomic E-state index is 13.6. The molecule has 1 aromatic heterocycles. The van der Waals surface area contributed by atoms with E-state index in [4.69, 9.17) is 27.9 Å². The number of halogens is 2. The van der Waals surface area contributed by atoms with Crippen molar-refractivity contribution in [3.8, 4) is 16.9 Å². The number of likely N-dealkylation sites (tertiary alicyclic amines) is 1. The van der Waals surface area contributed by atoms with Crippen molar-refractivity contribution in [2.75, 3.05) is 44.7 Å². The Labute approximate surface area is 232 Å². The number of carbonyl (C=O) groups excluding carboxylic acids is 2. The van der Waals surface area contributed by atoms with Crippen molar-refractivity contribution in [3.63, 3.8) is 0 Å². The van der Waals surface area contributed by atoms with Gasteiger partial charge in [-0.25, -0.2) is 0 Å². The van der Waals surface area contributed by atoms with Crippen molar-refractivity contribution in [2.45, 2.75) is 25.8 Å². The predicted molar refractivity (Wildman–Crippen MR) is 150 cm³/mol. The number of benzene rings is 2. The lowest BCUT2D eigenvalue weighted by Gasteiger charge is -2.35. The molecule has 0 spiro atoms. The van der Waals surface area contributed by atoms with E-state index in [1.54, 1.807) is 17.0 Å². The SMILES string of the molecule is Cc1ccc(-c2ccc(C(CN3CCCC3)N(C)C(=O)CN3C(=O)COc4cc(Cl)c(Cl)cc43)cc2)cn1. The quantitative estimate of drug-likeness (QED) is 0.393. The lowest BCUT2D eigenvalue weighted by molar-refractivity contribution is -0.133. The van der Waals surface area contributed by atoms with Crippen molar-refractivity contribution in [3.05, 3.63) is 76.0 Å². The summed E-state index contributed by atoms with van der Waals surface area (Å²) >= 11 is 12.4. The summed E-state index contributed by atoms with van der Waals surface area (Å²) in [5.74, 6) is -0.0395. The number of carbonyl (C=O) groups is 2. The maximum atomic E-state index is 13.6. The van der Waals surface area contributed by atoms with Gasteiger partial charge in [0.05, 0.1) is 21.8 Å². The van der Waals surface area contributed by atoms with Gasteiger partial charge in [0, 0.05) is 37.1 Å². The van der Waals surface area contributed by atoms with Crippen LogP contribution in [0, 0.1) is 6.92 Å². The third-order valence-corrected chi connectivity index (χ3v) is 7.99. The number of hydrogen-bond acceptors (Lipinski definition) is 5. The lowest BCUT2D eigenvalue weighted by Crippen LogP contribution is -2.47. The van der Waals surface area contributed by atoms with Gasteiger partial charge in [0.25, 0.3) is 5.91 Å². The van der Waals surface area contributed by atoms with E-state index in [1.807, 2.05) is 26.2 Å². The van der Waals surface area contributed by atoms with Crippen molar-refractivity contribution >= 4 is 40.7 Å². The Morgan fingerprint density at radius 2 is 1.74 bits per heavy atom. The number of aryl methyl sites for hydroxylation is 1. The van der Waals surface area contributed by atoms with Gasteiger partial charge in [-0.2, -0.15) is 0 Å². The molecular formula is C29H30Cl2N4O3. The molecule has 3 heterocycles. The topological polar surface area (TPSA) is 66.0 Å². The second-order valence-corrected chi connectivity index (χ2v) is 10.7. The first-order valence-corrected chi connectivity index (χ1v) is 13.5. The average molecular weight is 553 g/mol. The second kappa shape index (κ2) is 11.3. The first kappa shape index (κ1) is 26.5. The van der Waals surface area contributed by atoms with Crippen molar-refractivity contribution in [1.29, 1.82) is 0 Å². The number of anilines is 1. The lowest BCUT2D eigenvalue weighted by atomic mass is 10.00.